The van der Waals surface area contributed by atoms with Crippen LogP contribution in [0.2, 0.25) is 0 Å². The number of rotatable bonds is 7. The molecule has 1 heterocycles. The second-order valence-corrected chi connectivity index (χ2v) is 7.45. The maximum Gasteiger partial charge on any atom is 0.404 e. The van der Waals surface area contributed by atoms with E-state index in [0.29, 0.717) is 36.4 Å². The van der Waals surface area contributed by atoms with E-state index in [9.17, 15) is 31.1 Å². The third-order valence-corrected chi connectivity index (χ3v) is 5.18. The molecule has 178 valence electrons. The molecule has 0 aliphatic carbocycles. The van der Waals surface area contributed by atoms with Crippen molar-refractivity contribution in [2.45, 2.75) is 64.9 Å². The van der Waals surface area contributed by atoms with Crippen molar-refractivity contribution in [2.75, 3.05) is 5.32 Å². The Morgan fingerprint density at radius 2 is 1.66 bits per heavy atom. The molecule has 1 N–H and O–H groups in total. The van der Waals surface area contributed by atoms with Crippen molar-refractivity contribution in [3.05, 3.63) is 40.7 Å². The molecule has 0 fully saturated rings. The van der Waals surface area contributed by atoms with E-state index in [4.69, 9.17) is 4.74 Å². The zero-order valence-corrected chi connectivity index (χ0v) is 18.3. The summed E-state index contributed by atoms with van der Waals surface area (Å²) in [4.78, 5) is 12.8. The first-order valence-corrected chi connectivity index (χ1v) is 9.96. The molecule has 11 heteroatoms. The van der Waals surface area contributed by atoms with Gasteiger partial charge in [-0.05, 0) is 44.4 Å². The number of ether oxygens (including phenoxy) is 1. The van der Waals surface area contributed by atoms with Crippen LogP contribution in [0.25, 0.3) is 0 Å². The van der Waals surface area contributed by atoms with Gasteiger partial charge >= 0.3 is 12.4 Å². The summed E-state index contributed by atoms with van der Waals surface area (Å²) in [7, 11) is 1.64. The number of aryl methyl sites for hydroxylation is 2. The monoisotopic (exact) mass is 465 g/mol. The van der Waals surface area contributed by atoms with Crippen molar-refractivity contribution in [1.82, 2.24) is 9.78 Å². The molecule has 0 atom stereocenters. The minimum absolute atomic E-state index is 0.0311. The molecule has 0 saturated carbocycles. The summed E-state index contributed by atoms with van der Waals surface area (Å²) < 4.78 is 86.5. The number of hydrogen-bond acceptors (Lipinski definition) is 3. The first kappa shape index (κ1) is 25.5. The first-order chi connectivity index (χ1) is 14.7. The van der Waals surface area contributed by atoms with Crippen LogP contribution < -0.4 is 10.1 Å². The minimum atomic E-state index is -5.54. The van der Waals surface area contributed by atoms with Crippen LogP contribution in [0.4, 0.5) is 32.0 Å². The van der Waals surface area contributed by atoms with Crippen LogP contribution in [0.1, 0.15) is 59.9 Å². The van der Waals surface area contributed by atoms with Gasteiger partial charge in [0.25, 0.3) is 5.91 Å². The normalized spacial score (nSPS) is 12.5. The van der Waals surface area contributed by atoms with E-state index < -0.39 is 35.8 Å². The second kappa shape index (κ2) is 9.41. The van der Waals surface area contributed by atoms with Gasteiger partial charge in [-0.2, -0.15) is 31.4 Å². The molecular formula is C21H25F6N3O2. The highest BCUT2D eigenvalue weighted by atomic mass is 19.4. The Hall–Kier alpha value is -2.72. The predicted molar refractivity (Wildman–Crippen MR) is 107 cm³/mol. The summed E-state index contributed by atoms with van der Waals surface area (Å²) in [6, 6.07) is 2.39. The molecule has 0 aliphatic rings. The molecule has 1 amide bonds. The van der Waals surface area contributed by atoms with Gasteiger partial charge < -0.3 is 10.1 Å². The molecule has 1 aromatic carbocycles. The van der Waals surface area contributed by atoms with Crippen molar-refractivity contribution < 1.29 is 35.9 Å². The van der Waals surface area contributed by atoms with Crippen molar-refractivity contribution in [2.24, 2.45) is 7.05 Å². The lowest BCUT2D eigenvalue weighted by Crippen LogP contribution is -2.34. The summed E-state index contributed by atoms with van der Waals surface area (Å²) in [6.07, 6.45) is -10.6. The summed E-state index contributed by atoms with van der Waals surface area (Å²) >= 11 is 0. The van der Waals surface area contributed by atoms with Crippen LogP contribution in [0, 0.1) is 13.8 Å². The fourth-order valence-electron chi connectivity index (χ4n) is 3.40. The van der Waals surface area contributed by atoms with E-state index in [-0.39, 0.29) is 17.0 Å². The van der Waals surface area contributed by atoms with E-state index in [2.05, 4.69) is 10.4 Å². The van der Waals surface area contributed by atoms with Crippen LogP contribution in [0.3, 0.4) is 0 Å². The molecule has 2 rings (SSSR count). The van der Waals surface area contributed by atoms with E-state index in [0.717, 1.165) is 6.07 Å². The molecule has 2 aromatic rings. The Bertz CT molecular complexity index is 948. The number of anilines is 1. The topological polar surface area (TPSA) is 56.1 Å². The highest BCUT2D eigenvalue weighted by Gasteiger charge is 2.57. The molecule has 0 saturated heterocycles. The zero-order valence-electron chi connectivity index (χ0n) is 18.3. The van der Waals surface area contributed by atoms with Crippen molar-refractivity contribution >= 4 is 11.6 Å². The van der Waals surface area contributed by atoms with Crippen LogP contribution in [-0.4, -0.2) is 34.1 Å². The third kappa shape index (κ3) is 5.55. The highest BCUT2D eigenvalue weighted by molar-refractivity contribution is 6.06. The molecule has 1 aromatic heterocycles. The molecule has 0 radical (unpaired) electrons. The molecule has 0 aliphatic heterocycles. The van der Waals surface area contributed by atoms with Gasteiger partial charge in [-0.25, -0.2) is 0 Å². The lowest BCUT2D eigenvalue weighted by Gasteiger charge is -2.25. The molecule has 0 bridgehead atoms. The standard InChI is InChI=1S/C21H25F6N3O2/c1-6-14(7-2)32-16-10-13(18(20(22,23)24)21(25,26)27)8-9-15(16)28-19(31)17-11(3)29-30(5)12(17)4/h8-10,14,18H,6-7H2,1-5H3,(H,28,31). The number of alkyl halides is 6. The van der Waals surface area contributed by atoms with Gasteiger partial charge in [-0.1, -0.05) is 19.9 Å². The quantitative estimate of drug-likeness (QED) is 0.506. The number of aromatic nitrogens is 2. The number of benzene rings is 1. The number of hydrogen-bond donors (Lipinski definition) is 1. The number of nitrogens with one attached hydrogen (secondary N) is 1. The largest absolute Gasteiger partial charge is 0.488 e. The fourth-order valence-corrected chi connectivity index (χ4v) is 3.40. The van der Waals surface area contributed by atoms with Crippen molar-refractivity contribution in [3.8, 4) is 5.75 Å². The van der Waals surface area contributed by atoms with Crippen molar-refractivity contribution in [3.63, 3.8) is 0 Å². The Labute approximate surface area is 181 Å². The Balaban J connectivity index is 2.54. The number of carbonyl (C=O) groups excluding carboxylic acids is 1. The average Bonchev–Trinajstić information content (AvgIpc) is 2.91. The Morgan fingerprint density at radius 3 is 2.09 bits per heavy atom. The van der Waals surface area contributed by atoms with Crippen LogP contribution in [0.5, 0.6) is 5.75 Å². The van der Waals surface area contributed by atoms with E-state index in [1.807, 2.05) is 0 Å². The Kier molecular flexibility index (Phi) is 7.51. The number of amides is 1. The van der Waals surface area contributed by atoms with E-state index in [1.54, 1.807) is 34.7 Å². The Morgan fingerprint density at radius 1 is 1.09 bits per heavy atom. The van der Waals surface area contributed by atoms with Gasteiger partial charge in [0.2, 0.25) is 0 Å². The maximum absolute atomic E-state index is 13.2. The van der Waals surface area contributed by atoms with Gasteiger partial charge in [-0.3, -0.25) is 9.48 Å². The van der Waals surface area contributed by atoms with Gasteiger partial charge in [0.1, 0.15) is 5.75 Å². The van der Waals surface area contributed by atoms with Gasteiger partial charge in [0.05, 0.1) is 23.0 Å². The summed E-state index contributed by atoms with van der Waals surface area (Å²) in [5.41, 5.74) is 0.187. The van der Waals surface area contributed by atoms with Crippen molar-refractivity contribution in [1.29, 1.82) is 0 Å². The van der Waals surface area contributed by atoms with Gasteiger partial charge in [-0.15, -0.1) is 0 Å². The summed E-state index contributed by atoms with van der Waals surface area (Å²) in [6.45, 7) is 6.82. The third-order valence-electron chi connectivity index (χ3n) is 5.18. The van der Waals surface area contributed by atoms with Crippen LogP contribution in [0.15, 0.2) is 18.2 Å². The van der Waals surface area contributed by atoms with E-state index >= 15 is 0 Å². The van der Waals surface area contributed by atoms with Gasteiger partial charge in [0, 0.05) is 12.7 Å². The number of carbonyl (C=O) groups is 1. The summed E-state index contributed by atoms with van der Waals surface area (Å²) in [5.74, 6) is -4.53. The molecule has 0 unspecified atom stereocenters. The lowest BCUT2D eigenvalue weighted by molar-refractivity contribution is -0.253. The van der Waals surface area contributed by atoms with E-state index in [1.165, 1.54) is 4.68 Å². The number of nitrogens with zero attached hydrogens (tertiary/aromatic N) is 2. The maximum atomic E-state index is 13.2. The molecule has 0 spiro atoms. The average molecular weight is 465 g/mol. The second-order valence-electron chi connectivity index (χ2n) is 7.45. The highest BCUT2D eigenvalue weighted by Crippen LogP contribution is 2.47. The SMILES string of the molecule is CCC(CC)Oc1cc(C(C(F)(F)F)C(F)(F)F)ccc1NC(=O)c1c(C)nn(C)c1C. The first-order valence-electron chi connectivity index (χ1n) is 9.96. The molecular weight excluding hydrogens is 440 g/mol. The molecule has 5 nitrogen and oxygen atoms in total. The fraction of sp³-hybridized carbons (Fsp3) is 0.524. The smallest absolute Gasteiger partial charge is 0.404 e. The minimum Gasteiger partial charge on any atom is -0.488 e. The number of halogens is 6. The van der Waals surface area contributed by atoms with Crippen LogP contribution in [-0.2, 0) is 7.05 Å². The lowest BCUT2D eigenvalue weighted by atomic mass is 9.97. The van der Waals surface area contributed by atoms with Crippen LogP contribution >= 0.6 is 0 Å². The van der Waals surface area contributed by atoms with Gasteiger partial charge in [0.15, 0.2) is 5.92 Å². The predicted octanol–water partition coefficient (Wildman–Crippen LogP) is 6.06. The zero-order chi connectivity index (χ0) is 24.4. The summed E-state index contributed by atoms with van der Waals surface area (Å²) in [5, 5.41) is 6.68. The molecule has 32 heavy (non-hydrogen) atoms.